The maximum atomic E-state index is 13.9. The molecule has 32 heavy (non-hydrogen) atoms. The van der Waals surface area contributed by atoms with E-state index in [2.05, 4.69) is 20.4 Å². The Labute approximate surface area is 189 Å². The number of rotatable bonds is 6. The van der Waals surface area contributed by atoms with Gasteiger partial charge in [0.15, 0.2) is 0 Å². The smallest absolute Gasteiger partial charge is 0.338 e. The number of amides is 2. The van der Waals surface area contributed by atoms with Crippen LogP contribution in [-0.4, -0.2) is 67.2 Å². The molecule has 0 unspecified atom stereocenters. The molecule has 8 heteroatoms. The molecule has 174 valence electrons. The van der Waals surface area contributed by atoms with Gasteiger partial charge in [-0.15, -0.1) is 0 Å². The first-order chi connectivity index (χ1) is 15.5. The van der Waals surface area contributed by atoms with Crippen molar-refractivity contribution in [3.05, 3.63) is 46.9 Å². The lowest BCUT2D eigenvalue weighted by Gasteiger charge is -2.41. The van der Waals surface area contributed by atoms with E-state index in [1.165, 1.54) is 44.5 Å². The number of ether oxygens (including phenoxy) is 1. The highest BCUT2D eigenvalue weighted by molar-refractivity contribution is 5.95. The molecule has 1 aromatic carbocycles. The summed E-state index contributed by atoms with van der Waals surface area (Å²) in [7, 11) is 0. The molecule has 2 saturated heterocycles. The number of urea groups is 1. The van der Waals surface area contributed by atoms with E-state index in [9.17, 15) is 14.0 Å². The molecular formula is C24H33FN4O3. The number of nitrogens with zero attached hydrogens (tertiary/aromatic N) is 2. The number of hydrogen-bond acceptors (Lipinski definition) is 5. The largest absolute Gasteiger partial charge is 0.463 e. The second kappa shape index (κ2) is 10.4. The van der Waals surface area contributed by atoms with Crippen molar-refractivity contribution in [1.82, 2.24) is 20.4 Å². The molecule has 3 aliphatic heterocycles. The number of halogens is 1. The Morgan fingerprint density at radius 2 is 1.91 bits per heavy atom. The maximum absolute atomic E-state index is 13.9. The minimum atomic E-state index is -0.751. The van der Waals surface area contributed by atoms with E-state index < -0.39 is 23.9 Å². The SMILES string of the molecule is CCOC(=O)C1=C(CN2CCC(N3CCCCC3)CC2)NC(=O)N[C@@H]1c1cccc(F)c1. The van der Waals surface area contributed by atoms with Gasteiger partial charge in [0, 0.05) is 31.4 Å². The van der Waals surface area contributed by atoms with Crippen molar-refractivity contribution in [2.45, 2.75) is 51.1 Å². The molecule has 4 rings (SSSR count). The van der Waals surface area contributed by atoms with Crippen molar-refractivity contribution in [1.29, 1.82) is 0 Å². The van der Waals surface area contributed by atoms with Gasteiger partial charge in [-0.2, -0.15) is 0 Å². The van der Waals surface area contributed by atoms with Crippen LogP contribution in [-0.2, 0) is 9.53 Å². The molecule has 3 aliphatic rings. The first-order valence-corrected chi connectivity index (χ1v) is 11.7. The van der Waals surface area contributed by atoms with Gasteiger partial charge < -0.3 is 20.3 Å². The third-order valence-electron chi connectivity index (χ3n) is 6.68. The van der Waals surface area contributed by atoms with Gasteiger partial charge in [-0.05, 0) is 63.4 Å². The lowest BCUT2D eigenvalue weighted by atomic mass is 9.94. The van der Waals surface area contributed by atoms with Gasteiger partial charge in [0.05, 0.1) is 18.2 Å². The Balaban J connectivity index is 1.52. The van der Waals surface area contributed by atoms with E-state index in [1.807, 2.05) is 0 Å². The average Bonchev–Trinajstić information content (AvgIpc) is 2.80. The van der Waals surface area contributed by atoms with Crippen LogP contribution >= 0.6 is 0 Å². The van der Waals surface area contributed by atoms with Gasteiger partial charge in [0.25, 0.3) is 0 Å². The van der Waals surface area contributed by atoms with Crippen molar-refractivity contribution in [3.8, 4) is 0 Å². The normalized spacial score (nSPS) is 23.6. The number of hydrogen-bond donors (Lipinski definition) is 2. The number of piperidine rings is 2. The van der Waals surface area contributed by atoms with Crippen LogP contribution < -0.4 is 10.6 Å². The van der Waals surface area contributed by atoms with Crippen LogP contribution in [0, 0.1) is 5.82 Å². The predicted octanol–water partition coefficient (Wildman–Crippen LogP) is 2.95. The highest BCUT2D eigenvalue weighted by atomic mass is 19.1. The molecule has 0 aliphatic carbocycles. The summed E-state index contributed by atoms with van der Waals surface area (Å²) in [5.41, 5.74) is 1.40. The van der Waals surface area contributed by atoms with Crippen LogP contribution in [0.15, 0.2) is 35.5 Å². The molecule has 0 bridgehead atoms. The highest BCUT2D eigenvalue weighted by Crippen LogP contribution is 2.29. The first kappa shape index (κ1) is 22.7. The summed E-state index contributed by atoms with van der Waals surface area (Å²) < 4.78 is 19.2. The van der Waals surface area contributed by atoms with Gasteiger partial charge in [-0.25, -0.2) is 14.0 Å². The molecule has 1 atom stereocenters. The van der Waals surface area contributed by atoms with Gasteiger partial charge in [0.1, 0.15) is 5.82 Å². The molecule has 0 aromatic heterocycles. The van der Waals surface area contributed by atoms with E-state index in [-0.39, 0.29) is 6.61 Å². The summed E-state index contributed by atoms with van der Waals surface area (Å²) >= 11 is 0. The van der Waals surface area contributed by atoms with Crippen LogP contribution in [0.1, 0.15) is 50.6 Å². The third-order valence-corrected chi connectivity index (χ3v) is 6.68. The molecule has 1 aromatic rings. The van der Waals surface area contributed by atoms with Crippen LogP contribution in [0.25, 0.3) is 0 Å². The van der Waals surface area contributed by atoms with E-state index in [0.29, 0.717) is 29.4 Å². The van der Waals surface area contributed by atoms with Crippen molar-refractivity contribution in [2.75, 3.05) is 39.3 Å². The molecule has 2 N–H and O–H groups in total. The first-order valence-electron chi connectivity index (χ1n) is 11.7. The fourth-order valence-electron chi connectivity index (χ4n) is 5.08. The molecule has 0 radical (unpaired) electrons. The van der Waals surface area contributed by atoms with E-state index in [1.54, 1.807) is 19.1 Å². The quantitative estimate of drug-likeness (QED) is 0.660. The van der Waals surface area contributed by atoms with Crippen LogP contribution in [0.5, 0.6) is 0 Å². The predicted molar refractivity (Wildman–Crippen MR) is 119 cm³/mol. The minimum Gasteiger partial charge on any atom is -0.463 e. The number of carbonyl (C=O) groups excluding carboxylic acids is 2. The van der Waals surface area contributed by atoms with Crippen molar-refractivity contribution < 1.29 is 18.7 Å². The fourth-order valence-corrected chi connectivity index (χ4v) is 5.08. The van der Waals surface area contributed by atoms with Gasteiger partial charge >= 0.3 is 12.0 Å². The van der Waals surface area contributed by atoms with Crippen LogP contribution in [0.2, 0.25) is 0 Å². The zero-order chi connectivity index (χ0) is 22.5. The zero-order valence-corrected chi connectivity index (χ0v) is 18.7. The molecule has 2 amide bonds. The Bertz CT molecular complexity index is 861. The molecule has 7 nitrogen and oxygen atoms in total. The molecule has 2 fully saturated rings. The van der Waals surface area contributed by atoms with Gasteiger partial charge in [0.2, 0.25) is 0 Å². The summed E-state index contributed by atoms with van der Waals surface area (Å²) in [6.45, 7) is 6.64. The topological polar surface area (TPSA) is 73.9 Å². The van der Waals surface area contributed by atoms with Gasteiger partial charge in [-0.1, -0.05) is 18.6 Å². The summed E-state index contributed by atoms with van der Waals surface area (Å²) in [4.78, 5) is 30.2. The molecule has 3 heterocycles. The van der Waals surface area contributed by atoms with Crippen LogP contribution in [0.4, 0.5) is 9.18 Å². The Morgan fingerprint density at radius 3 is 2.59 bits per heavy atom. The van der Waals surface area contributed by atoms with Gasteiger partial charge in [-0.3, -0.25) is 4.90 Å². The van der Waals surface area contributed by atoms with Crippen molar-refractivity contribution in [3.63, 3.8) is 0 Å². The van der Waals surface area contributed by atoms with E-state index >= 15 is 0 Å². The maximum Gasteiger partial charge on any atom is 0.338 e. The fraction of sp³-hybridized carbons (Fsp3) is 0.583. The monoisotopic (exact) mass is 444 g/mol. The summed E-state index contributed by atoms with van der Waals surface area (Å²) in [5, 5.41) is 5.59. The zero-order valence-electron chi connectivity index (χ0n) is 18.7. The number of benzene rings is 1. The van der Waals surface area contributed by atoms with E-state index in [4.69, 9.17) is 4.74 Å². The summed E-state index contributed by atoms with van der Waals surface area (Å²) in [6, 6.07) is 5.44. The highest BCUT2D eigenvalue weighted by Gasteiger charge is 2.35. The number of esters is 1. The van der Waals surface area contributed by atoms with Crippen molar-refractivity contribution >= 4 is 12.0 Å². The standard InChI is InChI=1S/C24H33FN4O3/c1-2-32-23(30)21-20(26-24(31)27-22(21)17-7-6-8-18(25)15-17)16-28-13-9-19(10-14-28)29-11-4-3-5-12-29/h6-8,15,19,22H,2-5,9-14,16H2,1H3,(H2,26,27,31)/t22-/m1/s1. The summed E-state index contributed by atoms with van der Waals surface area (Å²) in [6.07, 6.45) is 6.08. The lowest BCUT2D eigenvalue weighted by Crippen LogP contribution is -2.51. The Kier molecular flexibility index (Phi) is 7.42. The average molecular weight is 445 g/mol. The molecular weight excluding hydrogens is 411 g/mol. The Morgan fingerprint density at radius 1 is 1.16 bits per heavy atom. The number of nitrogens with one attached hydrogen (secondary N) is 2. The van der Waals surface area contributed by atoms with E-state index in [0.717, 1.165) is 25.9 Å². The van der Waals surface area contributed by atoms with Crippen molar-refractivity contribution in [2.24, 2.45) is 0 Å². The molecule has 0 saturated carbocycles. The minimum absolute atomic E-state index is 0.223. The summed E-state index contributed by atoms with van der Waals surface area (Å²) in [5.74, 6) is -0.910. The Hall–Kier alpha value is -2.45. The molecule has 0 spiro atoms. The second-order valence-electron chi connectivity index (χ2n) is 8.80. The lowest BCUT2D eigenvalue weighted by molar-refractivity contribution is -0.139. The second-order valence-corrected chi connectivity index (χ2v) is 8.80. The third kappa shape index (κ3) is 5.30. The van der Waals surface area contributed by atoms with Crippen LogP contribution in [0.3, 0.4) is 0 Å². The number of likely N-dealkylation sites (tertiary alicyclic amines) is 2. The number of carbonyl (C=O) groups is 2.